The lowest BCUT2D eigenvalue weighted by Gasteiger charge is -2.07. The van der Waals surface area contributed by atoms with E-state index in [0.29, 0.717) is 6.29 Å². The van der Waals surface area contributed by atoms with E-state index in [1.807, 2.05) is 0 Å². The van der Waals surface area contributed by atoms with Crippen molar-refractivity contribution in [1.82, 2.24) is 5.32 Å². The molecule has 0 aromatic carbocycles. The molecular formula is C8H14NO4P. The van der Waals surface area contributed by atoms with Crippen molar-refractivity contribution in [2.45, 2.75) is 6.92 Å². The van der Waals surface area contributed by atoms with E-state index < -0.39 is 7.37 Å². The summed E-state index contributed by atoms with van der Waals surface area (Å²) in [6, 6.07) is 0. The summed E-state index contributed by atoms with van der Waals surface area (Å²) in [5, 5.41) is 2.30. The highest BCUT2D eigenvalue weighted by atomic mass is 31.2. The summed E-state index contributed by atoms with van der Waals surface area (Å²) in [7, 11) is -1.33. The molecule has 0 saturated carbocycles. The number of nitrogens with one attached hydrogen (secondary N) is 1. The zero-order chi connectivity index (χ0) is 11.2. The maximum atomic E-state index is 11.4. The molecule has 6 heteroatoms. The van der Waals surface area contributed by atoms with Crippen LogP contribution in [-0.2, 0) is 18.7 Å². The summed E-state index contributed by atoms with van der Waals surface area (Å²) < 4.78 is 16.1. The molecule has 1 amide bonds. The van der Waals surface area contributed by atoms with E-state index in [9.17, 15) is 14.2 Å². The molecule has 0 radical (unpaired) electrons. The second-order valence-electron chi connectivity index (χ2n) is 2.84. The zero-order valence-corrected chi connectivity index (χ0v) is 9.34. The Kier molecular flexibility index (Phi) is 5.35. The van der Waals surface area contributed by atoms with Crippen LogP contribution in [0.5, 0.6) is 0 Å². The Labute approximate surface area is 83.0 Å². The second kappa shape index (κ2) is 5.73. The molecule has 0 aromatic rings. The van der Waals surface area contributed by atoms with Crippen LogP contribution in [0.4, 0.5) is 0 Å². The molecule has 1 atom stereocenters. The normalized spacial score (nSPS) is 15.8. The van der Waals surface area contributed by atoms with Crippen molar-refractivity contribution in [1.29, 1.82) is 0 Å². The molecule has 0 spiro atoms. The van der Waals surface area contributed by atoms with Crippen molar-refractivity contribution in [3.63, 3.8) is 0 Å². The summed E-state index contributed by atoms with van der Waals surface area (Å²) in [4.78, 5) is 21.0. The summed E-state index contributed by atoms with van der Waals surface area (Å²) in [5.41, 5.74) is 0.108. The van der Waals surface area contributed by atoms with Crippen LogP contribution in [0.15, 0.2) is 11.8 Å². The first-order chi connectivity index (χ1) is 6.41. The van der Waals surface area contributed by atoms with Crippen molar-refractivity contribution < 1.29 is 18.7 Å². The Morgan fingerprint density at radius 2 is 2.14 bits per heavy atom. The van der Waals surface area contributed by atoms with E-state index in [4.69, 9.17) is 4.52 Å². The van der Waals surface area contributed by atoms with Crippen LogP contribution >= 0.6 is 7.37 Å². The van der Waals surface area contributed by atoms with Gasteiger partial charge < -0.3 is 9.84 Å². The molecule has 0 aromatic heterocycles. The number of aldehydes is 1. The predicted octanol–water partition coefficient (Wildman–Crippen LogP) is 0.760. The second-order valence-corrected chi connectivity index (χ2v) is 5.60. The molecule has 0 rings (SSSR count). The SMILES string of the molecule is COP(C)(=O)C/C=C(/C=O)NC(C)=O. The van der Waals surface area contributed by atoms with Gasteiger partial charge in [0, 0.05) is 26.9 Å². The van der Waals surface area contributed by atoms with E-state index >= 15 is 0 Å². The molecule has 5 nitrogen and oxygen atoms in total. The standard InChI is InChI=1S/C8H14NO4P/c1-7(11)9-8(6-10)4-5-14(3,12)13-2/h4,6H,5H2,1-3H3,(H,9,11)/b8-4-. The Morgan fingerprint density at radius 3 is 2.50 bits per heavy atom. The smallest absolute Gasteiger partial charge is 0.221 e. The molecule has 0 bridgehead atoms. The summed E-state index contributed by atoms with van der Waals surface area (Å²) in [6.07, 6.45) is 2.01. The third-order valence-electron chi connectivity index (χ3n) is 1.48. The average Bonchev–Trinajstić information content (AvgIpc) is 2.12. The lowest BCUT2D eigenvalue weighted by Crippen LogP contribution is -2.20. The average molecular weight is 219 g/mol. The number of hydrogen-bond donors (Lipinski definition) is 1. The number of hydrogen-bond acceptors (Lipinski definition) is 4. The number of carbonyl (C=O) groups excluding carboxylic acids is 2. The van der Waals surface area contributed by atoms with Crippen LogP contribution in [0.3, 0.4) is 0 Å². The predicted molar refractivity (Wildman–Crippen MR) is 53.4 cm³/mol. The molecular weight excluding hydrogens is 205 g/mol. The maximum Gasteiger partial charge on any atom is 0.221 e. The van der Waals surface area contributed by atoms with E-state index in [-0.39, 0.29) is 17.8 Å². The van der Waals surface area contributed by atoms with Crippen LogP contribution in [0.1, 0.15) is 6.92 Å². The van der Waals surface area contributed by atoms with Gasteiger partial charge in [-0.25, -0.2) is 0 Å². The van der Waals surface area contributed by atoms with E-state index in [1.165, 1.54) is 26.8 Å². The molecule has 14 heavy (non-hydrogen) atoms. The molecule has 1 N–H and O–H groups in total. The van der Waals surface area contributed by atoms with Gasteiger partial charge in [-0.15, -0.1) is 0 Å². The Hall–Kier alpha value is -0.930. The van der Waals surface area contributed by atoms with Gasteiger partial charge in [0.2, 0.25) is 13.3 Å². The first-order valence-electron chi connectivity index (χ1n) is 3.96. The largest absolute Gasteiger partial charge is 0.332 e. The molecule has 0 aliphatic heterocycles. The van der Waals surface area contributed by atoms with Gasteiger partial charge in [0.25, 0.3) is 0 Å². The summed E-state index contributed by atoms with van der Waals surface area (Å²) >= 11 is 0. The Morgan fingerprint density at radius 1 is 1.57 bits per heavy atom. The van der Waals surface area contributed by atoms with Gasteiger partial charge in [-0.3, -0.25) is 14.2 Å². The first kappa shape index (κ1) is 13.1. The van der Waals surface area contributed by atoms with E-state index in [2.05, 4.69) is 5.32 Å². The minimum Gasteiger partial charge on any atom is -0.332 e. The summed E-state index contributed by atoms with van der Waals surface area (Å²) in [6.45, 7) is 2.75. The third kappa shape index (κ3) is 5.67. The highest BCUT2D eigenvalue weighted by Crippen LogP contribution is 2.41. The quantitative estimate of drug-likeness (QED) is 0.421. The van der Waals surface area contributed by atoms with Gasteiger partial charge >= 0.3 is 0 Å². The topological polar surface area (TPSA) is 72.5 Å². The highest BCUT2D eigenvalue weighted by molar-refractivity contribution is 7.58. The zero-order valence-electron chi connectivity index (χ0n) is 8.44. The fraction of sp³-hybridized carbons (Fsp3) is 0.500. The molecule has 0 aliphatic rings. The van der Waals surface area contributed by atoms with Gasteiger partial charge in [0.15, 0.2) is 6.29 Å². The van der Waals surface area contributed by atoms with Crippen molar-refractivity contribution in [3.8, 4) is 0 Å². The molecule has 0 heterocycles. The van der Waals surface area contributed by atoms with E-state index in [1.54, 1.807) is 0 Å². The van der Waals surface area contributed by atoms with Gasteiger partial charge in [-0.2, -0.15) is 0 Å². The number of rotatable bonds is 5. The summed E-state index contributed by atoms with van der Waals surface area (Å²) in [5.74, 6) is -0.341. The van der Waals surface area contributed by atoms with Crippen molar-refractivity contribution in [2.24, 2.45) is 0 Å². The minimum absolute atomic E-state index is 0.108. The van der Waals surface area contributed by atoms with Gasteiger partial charge in [0.1, 0.15) is 0 Å². The van der Waals surface area contributed by atoms with Gasteiger partial charge in [-0.05, 0) is 6.08 Å². The highest BCUT2D eigenvalue weighted by Gasteiger charge is 2.11. The van der Waals surface area contributed by atoms with Gasteiger partial charge in [0.05, 0.1) is 5.70 Å². The van der Waals surface area contributed by atoms with Crippen LogP contribution in [0, 0.1) is 0 Å². The lowest BCUT2D eigenvalue weighted by molar-refractivity contribution is -0.119. The van der Waals surface area contributed by atoms with Crippen molar-refractivity contribution in [2.75, 3.05) is 19.9 Å². The Balaban J connectivity index is 4.39. The van der Waals surface area contributed by atoms with Crippen molar-refractivity contribution in [3.05, 3.63) is 11.8 Å². The number of allylic oxidation sites excluding steroid dienone is 2. The molecule has 0 aliphatic carbocycles. The number of amides is 1. The number of carbonyl (C=O) groups is 2. The lowest BCUT2D eigenvalue weighted by atomic mass is 10.4. The van der Waals surface area contributed by atoms with Crippen LogP contribution in [0.25, 0.3) is 0 Å². The first-order valence-corrected chi connectivity index (χ1v) is 6.22. The third-order valence-corrected chi connectivity index (χ3v) is 3.09. The van der Waals surface area contributed by atoms with Gasteiger partial charge in [-0.1, -0.05) is 0 Å². The van der Waals surface area contributed by atoms with E-state index in [0.717, 1.165) is 0 Å². The maximum absolute atomic E-state index is 11.4. The fourth-order valence-corrected chi connectivity index (χ4v) is 1.35. The molecule has 80 valence electrons. The minimum atomic E-state index is -2.67. The fourth-order valence-electron chi connectivity index (χ4n) is 0.671. The van der Waals surface area contributed by atoms with Crippen LogP contribution in [0.2, 0.25) is 0 Å². The molecule has 0 saturated heterocycles. The molecule has 1 unspecified atom stereocenters. The van der Waals surface area contributed by atoms with Crippen molar-refractivity contribution >= 4 is 19.6 Å². The molecule has 0 fully saturated rings. The Bertz CT molecular complexity index is 298. The van der Waals surface area contributed by atoms with Crippen LogP contribution in [-0.4, -0.2) is 32.1 Å². The van der Waals surface area contributed by atoms with Crippen LogP contribution < -0.4 is 5.32 Å². The monoisotopic (exact) mass is 219 g/mol.